The molecule has 0 spiro atoms. The summed E-state index contributed by atoms with van der Waals surface area (Å²) < 4.78 is 5.56. The van der Waals surface area contributed by atoms with Crippen LogP contribution in [-0.2, 0) is 11.2 Å². The van der Waals surface area contributed by atoms with E-state index in [1.807, 2.05) is 24.4 Å². The van der Waals surface area contributed by atoms with E-state index in [0.29, 0.717) is 13.2 Å². The number of fused-ring (bicyclic) bond motifs is 4. The Balaban J connectivity index is 1.11. The number of pyridine rings is 1. The highest BCUT2D eigenvalue weighted by Gasteiger charge is 2.28. The number of anilines is 1. The number of nitrogens with zero attached hydrogens (tertiary/aromatic N) is 1. The number of alkyl carbamates (subject to hydrolysis) is 1. The van der Waals surface area contributed by atoms with Gasteiger partial charge < -0.3 is 15.4 Å². The van der Waals surface area contributed by atoms with Crippen LogP contribution in [0.1, 0.15) is 34.6 Å². The summed E-state index contributed by atoms with van der Waals surface area (Å²) in [5.74, 6) is 1.08. The van der Waals surface area contributed by atoms with E-state index in [1.54, 1.807) is 0 Å². The predicted molar refractivity (Wildman–Crippen MR) is 123 cm³/mol. The molecule has 1 amide bonds. The molecule has 31 heavy (non-hydrogen) atoms. The van der Waals surface area contributed by atoms with Crippen molar-refractivity contribution >= 4 is 18.0 Å². The second-order valence-corrected chi connectivity index (χ2v) is 7.90. The van der Waals surface area contributed by atoms with E-state index in [9.17, 15) is 4.79 Å². The van der Waals surface area contributed by atoms with Crippen molar-refractivity contribution in [3.05, 3.63) is 89.1 Å². The second kappa shape index (κ2) is 8.64. The van der Waals surface area contributed by atoms with Crippen LogP contribution in [-0.4, -0.2) is 30.8 Å². The fraction of sp³-hybridized carbons (Fsp3) is 0.231. The fourth-order valence-electron chi connectivity index (χ4n) is 4.41. The average Bonchev–Trinajstić information content (AvgIpc) is 3.40. The van der Waals surface area contributed by atoms with Gasteiger partial charge in [0.1, 0.15) is 12.4 Å². The molecule has 0 radical (unpaired) electrons. The molecule has 2 heterocycles. The Hall–Kier alpha value is -3.60. The highest BCUT2D eigenvalue weighted by molar-refractivity contribution is 5.79. The van der Waals surface area contributed by atoms with Crippen LogP contribution >= 0.6 is 0 Å². The quantitative estimate of drug-likeness (QED) is 0.561. The third-order valence-electron chi connectivity index (χ3n) is 5.91. The largest absolute Gasteiger partial charge is 0.449 e. The number of amides is 1. The summed E-state index contributed by atoms with van der Waals surface area (Å²) in [6, 6.07) is 18.9. The zero-order valence-electron chi connectivity index (χ0n) is 17.3. The molecule has 0 atom stereocenters. The molecule has 5 nitrogen and oxygen atoms in total. The van der Waals surface area contributed by atoms with Gasteiger partial charge in [0.15, 0.2) is 0 Å². The Labute approximate surface area is 182 Å². The minimum absolute atomic E-state index is 0.0832. The maximum Gasteiger partial charge on any atom is 0.407 e. The Morgan fingerprint density at radius 3 is 2.65 bits per heavy atom. The molecule has 2 N–H and O–H groups in total. The molecule has 1 aliphatic carbocycles. The van der Waals surface area contributed by atoms with E-state index >= 15 is 0 Å². The van der Waals surface area contributed by atoms with Crippen molar-refractivity contribution in [3.8, 4) is 11.1 Å². The number of ether oxygens (including phenoxy) is 1. The fourth-order valence-corrected chi connectivity index (χ4v) is 4.41. The normalized spacial score (nSPS) is 14.1. The first-order chi connectivity index (χ1) is 15.3. The lowest BCUT2D eigenvalue weighted by Gasteiger charge is -2.14. The summed E-state index contributed by atoms with van der Waals surface area (Å²) in [5.41, 5.74) is 7.25. The molecule has 0 unspecified atom stereocenters. The summed E-state index contributed by atoms with van der Waals surface area (Å²) in [5, 5.41) is 6.11. The third-order valence-corrected chi connectivity index (χ3v) is 5.91. The first-order valence-electron chi connectivity index (χ1n) is 10.8. The van der Waals surface area contributed by atoms with E-state index < -0.39 is 0 Å². The molecular formula is C26H25N3O2. The van der Waals surface area contributed by atoms with E-state index in [-0.39, 0.29) is 12.0 Å². The summed E-state index contributed by atoms with van der Waals surface area (Å²) in [6.07, 6.45) is 7.35. The smallest absolute Gasteiger partial charge is 0.407 e. The van der Waals surface area contributed by atoms with Crippen LogP contribution in [0.25, 0.3) is 17.2 Å². The highest BCUT2D eigenvalue weighted by Crippen LogP contribution is 2.44. The number of nitrogens with one attached hydrogen (secondary N) is 2. The van der Waals surface area contributed by atoms with E-state index in [1.165, 1.54) is 27.8 Å². The lowest BCUT2D eigenvalue weighted by atomic mass is 9.98. The van der Waals surface area contributed by atoms with Gasteiger partial charge in [-0.1, -0.05) is 60.7 Å². The monoisotopic (exact) mass is 411 g/mol. The number of hydrogen-bond donors (Lipinski definition) is 2. The van der Waals surface area contributed by atoms with Gasteiger partial charge in [-0.3, -0.25) is 0 Å². The van der Waals surface area contributed by atoms with E-state index in [2.05, 4.69) is 64.2 Å². The van der Waals surface area contributed by atoms with Crippen LogP contribution in [0.15, 0.2) is 66.9 Å². The van der Waals surface area contributed by atoms with Gasteiger partial charge in [0.2, 0.25) is 0 Å². The second-order valence-electron chi connectivity index (χ2n) is 7.90. The first-order valence-corrected chi connectivity index (χ1v) is 10.8. The van der Waals surface area contributed by atoms with E-state index in [4.69, 9.17) is 4.74 Å². The molecule has 5 heteroatoms. The van der Waals surface area contributed by atoms with Crippen LogP contribution in [0, 0.1) is 0 Å². The number of hydrogen-bond acceptors (Lipinski definition) is 4. The summed E-state index contributed by atoms with van der Waals surface area (Å²) >= 11 is 0. The topological polar surface area (TPSA) is 63.2 Å². The van der Waals surface area contributed by atoms with Crippen molar-refractivity contribution in [2.24, 2.45) is 0 Å². The molecule has 2 aromatic carbocycles. The van der Waals surface area contributed by atoms with Gasteiger partial charge in [0, 0.05) is 25.2 Å². The number of carbonyl (C=O) groups is 1. The number of rotatable bonds is 6. The van der Waals surface area contributed by atoms with Crippen LogP contribution < -0.4 is 10.6 Å². The molecule has 1 aliphatic heterocycles. The Kier molecular flexibility index (Phi) is 5.40. The maximum absolute atomic E-state index is 12.2. The molecule has 0 saturated heterocycles. The number of aromatic nitrogens is 1. The van der Waals surface area contributed by atoms with E-state index in [0.717, 1.165) is 30.8 Å². The molecule has 3 aromatic rings. The minimum Gasteiger partial charge on any atom is -0.449 e. The van der Waals surface area contributed by atoms with Crippen LogP contribution in [0.3, 0.4) is 0 Å². The van der Waals surface area contributed by atoms with Gasteiger partial charge in [0.25, 0.3) is 0 Å². The van der Waals surface area contributed by atoms with Crippen molar-refractivity contribution in [1.82, 2.24) is 10.3 Å². The zero-order chi connectivity index (χ0) is 21.0. The molecule has 0 fully saturated rings. The molecule has 0 bridgehead atoms. The number of benzene rings is 2. The predicted octanol–water partition coefficient (Wildman–Crippen LogP) is 4.99. The van der Waals surface area contributed by atoms with Crippen LogP contribution in [0.4, 0.5) is 10.6 Å². The summed E-state index contributed by atoms with van der Waals surface area (Å²) in [6.45, 7) is 1.83. The molecule has 156 valence electrons. The molecule has 0 saturated carbocycles. The van der Waals surface area contributed by atoms with Crippen molar-refractivity contribution < 1.29 is 9.53 Å². The third kappa shape index (κ3) is 4.04. The lowest BCUT2D eigenvalue weighted by Crippen LogP contribution is -2.26. The van der Waals surface area contributed by atoms with Crippen molar-refractivity contribution in [3.63, 3.8) is 0 Å². The van der Waals surface area contributed by atoms with Gasteiger partial charge in [0.05, 0.1) is 0 Å². The molecule has 5 rings (SSSR count). The van der Waals surface area contributed by atoms with Gasteiger partial charge in [-0.05, 0) is 52.3 Å². The minimum atomic E-state index is -0.375. The Bertz CT molecular complexity index is 1090. The SMILES string of the molecule is O=C(NCCC=Cc1cnc2c(c1)CCN2)OCC1c2ccccc2-c2ccccc21. The van der Waals surface area contributed by atoms with Gasteiger partial charge >= 0.3 is 6.09 Å². The van der Waals surface area contributed by atoms with Gasteiger partial charge in [-0.2, -0.15) is 0 Å². The van der Waals surface area contributed by atoms with Gasteiger partial charge in [-0.15, -0.1) is 0 Å². The zero-order valence-corrected chi connectivity index (χ0v) is 17.3. The highest BCUT2D eigenvalue weighted by atomic mass is 16.5. The first kappa shape index (κ1) is 19.4. The molecule has 2 aliphatic rings. The summed E-state index contributed by atoms with van der Waals surface area (Å²) in [4.78, 5) is 16.6. The standard InChI is InChI=1S/C26H25N3O2/c30-26(28-13-6-5-7-18-15-19-12-14-27-25(19)29-16-18)31-17-24-22-10-3-1-8-20(22)21-9-2-4-11-23(21)24/h1-5,7-11,15-16,24H,6,12-14,17H2,(H,27,29)(H,28,30). The van der Waals surface area contributed by atoms with Crippen LogP contribution in [0.2, 0.25) is 0 Å². The number of carbonyl (C=O) groups excluding carboxylic acids is 1. The average molecular weight is 412 g/mol. The lowest BCUT2D eigenvalue weighted by molar-refractivity contribution is 0.143. The van der Waals surface area contributed by atoms with Crippen molar-refractivity contribution in [2.45, 2.75) is 18.8 Å². The molecule has 1 aromatic heterocycles. The van der Waals surface area contributed by atoms with Crippen molar-refractivity contribution in [1.29, 1.82) is 0 Å². The Morgan fingerprint density at radius 2 is 1.87 bits per heavy atom. The maximum atomic E-state index is 12.2. The molecular weight excluding hydrogens is 386 g/mol. The van der Waals surface area contributed by atoms with Crippen LogP contribution in [0.5, 0.6) is 0 Å². The van der Waals surface area contributed by atoms with Crippen molar-refractivity contribution in [2.75, 3.05) is 25.0 Å². The Morgan fingerprint density at radius 1 is 1.13 bits per heavy atom. The summed E-state index contributed by atoms with van der Waals surface area (Å²) in [7, 11) is 0. The van der Waals surface area contributed by atoms with Gasteiger partial charge in [-0.25, -0.2) is 9.78 Å².